The summed E-state index contributed by atoms with van der Waals surface area (Å²) in [5.74, 6) is -0.718. The van der Waals surface area contributed by atoms with Gasteiger partial charge in [-0.1, -0.05) is 48.5 Å². The number of fused-ring (bicyclic) bond motifs is 3. The first kappa shape index (κ1) is 16.2. The molecule has 2 aromatic carbocycles. The minimum atomic E-state index is -0.568. The van der Waals surface area contributed by atoms with Gasteiger partial charge in [0.1, 0.15) is 0 Å². The van der Waals surface area contributed by atoms with Crippen LogP contribution in [0.2, 0.25) is 0 Å². The molecule has 5 nitrogen and oxygen atoms in total. The maximum Gasteiger partial charge on any atom is 0.260 e. The average molecular weight is 362 g/mol. The summed E-state index contributed by atoms with van der Waals surface area (Å²) in [4.78, 5) is 37.5. The number of hydrogen-bond acceptors (Lipinski definition) is 4. The van der Waals surface area contributed by atoms with Crippen molar-refractivity contribution in [3.63, 3.8) is 0 Å². The molecule has 0 fully saturated rings. The zero-order valence-corrected chi connectivity index (χ0v) is 14.5. The van der Waals surface area contributed by atoms with Crippen molar-refractivity contribution in [1.82, 2.24) is 4.57 Å². The van der Waals surface area contributed by atoms with Gasteiger partial charge in [0.15, 0.2) is 5.78 Å². The van der Waals surface area contributed by atoms with Crippen LogP contribution in [-0.2, 0) is 6.54 Å². The van der Waals surface area contributed by atoms with Gasteiger partial charge in [-0.2, -0.15) is 0 Å². The van der Waals surface area contributed by atoms with Crippen molar-refractivity contribution in [2.45, 2.75) is 6.54 Å². The van der Waals surface area contributed by atoms with Crippen LogP contribution >= 0.6 is 11.3 Å². The second-order valence-electron chi connectivity index (χ2n) is 5.92. The second-order valence-corrected chi connectivity index (χ2v) is 6.97. The molecule has 0 aliphatic rings. The monoisotopic (exact) mass is 362 g/mol. The first-order valence-electron chi connectivity index (χ1n) is 7.99. The number of nitrogens with zero attached hydrogens (tertiary/aromatic N) is 1. The molecule has 0 saturated heterocycles. The van der Waals surface area contributed by atoms with Crippen LogP contribution in [0.15, 0.2) is 65.5 Å². The van der Waals surface area contributed by atoms with E-state index in [0.717, 1.165) is 5.39 Å². The molecule has 0 atom stereocenters. The lowest BCUT2D eigenvalue weighted by Crippen LogP contribution is -2.24. The number of aromatic nitrogens is 1. The predicted molar refractivity (Wildman–Crippen MR) is 103 cm³/mol. The molecule has 2 heterocycles. The number of nitrogens with two attached hydrogens (primary N) is 1. The second kappa shape index (κ2) is 6.24. The molecule has 26 heavy (non-hydrogen) atoms. The van der Waals surface area contributed by atoms with Gasteiger partial charge in [-0.3, -0.25) is 19.0 Å². The number of hydrogen-bond donors (Lipinski definition) is 1. The number of para-hydroxylation sites is 1. The summed E-state index contributed by atoms with van der Waals surface area (Å²) in [5, 5.41) is 1.23. The molecule has 6 heteroatoms. The Morgan fingerprint density at radius 1 is 0.962 bits per heavy atom. The Morgan fingerprint density at radius 3 is 2.38 bits per heavy atom. The van der Waals surface area contributed by atoms with Gasteiger partial charge in [-0.25, -0.2) is 0 Å². The topological polar surface area (TPSA) is 82.2 Å². The quantitative estimate of drug-likeness (QED) is 0.566. The highest BCUT2D eigenvalue weighted by Gasteiger charge is 2.17. The summed E-state index contributed by atoms with van der Waals surface area (Å²) in [5.41, 5.74) is 6.28. The van der Waals surface area contributed by atoms with Gasteiger partial charge in [0.2, 0.25) is 0 Å². The van der Waals surface area contributed by atoms with Crippen LogP contribution in [0.3, 0.4) is 0 Å². The van der Waals surface area contributed by atoms with Crippen molar-refractivity contribution in [1.29, 1.82) is 0 Å². The van der Waals surface area contributed by atoms with Crippen LogP contribution in [0.25, 0.3) is 21.0 Å². The Kier molecular flexibility index (Phi) is 3.89. The molecule has 0 aliphatic heterocycles. The Bertz CT molecular complexity index is 1220. The van der Waals surface area contributed by atoms with E-state index >= 15 is 0 Å². The van der Waals surface area contributed by atoms with E-state index in [4.69, 9.17) is 5.73 Å². The van der Waals surface area contributed by atoms with Crippen molar-refractivity contribution in [3.8, 4) is 0 Å². The lowest BCUT2D eigenvalue weighted by molar-refractivity contribution is 0.0970. The summed E-state index contributed by atoms with van der Waals surface area (Å²) < 4.78 is 2.17. The molecule has 1 amide bonds. The number of amides is 1. The molecule has 4 rings (SSSR count). The summed E-state index contributed by atoms with van der Waals surface area (Å²) in [6, 6.07) is 17.7. The third-order valence-corrected chi connectivity index (χ3v) is 5.47. The molecule has 0 unspecified atom stereocenters. The summed E-state index contributed by atoms with van der Waals surface area (Å²) in [6.45, 7) is -0.0684. The number of thiophene rings is 1. The van der Waals surface area contributed by atoms with Crippen molar-refractivity contribution in [2.24, 2.45) is 5.73 Å². The Labute approximate surface area is 152 Å². The van der Waals surface area contributed by atoms with Gasteiger partial charge >= 0.3 is 0 Å². The molecule has 0 spiro atoms. The van der Waals surface area contributed by atoms with Crippen LogP contribution in [-0.4, -0.2) is 16.3 Å². The fourth-order valence-electron chi connectivity index (χ4n) is 3.04. The molecule has 0 radical (unpaired) electrons. The number of Topliss-reactive ketones (excluding diaryl/α,β-unsaturated/α-hetero) is 1. The number of rotatable bonds is 4. The van der Waals surface area contributed by atoms with Gasteiger partial charge in [-0.05, 0) is 12.1 Å². The van der Waals surface area contributed by atoms with E-state index in [0.29, 0.717) is 26.0 Å². The molecule has 0 aliphatic carbocycles. The highest BCUT2D eigenvalue weighted by Crippen LogP contribution is 2.30. The molecule has 0 saturated carbocycles. The van der Waals surface area contributed by atoms with E-state index in [9.17, 15) is 14.4 Å². The van der Waals surface area contributed by atoms with E-state index in [1.54, 1.807) is 30.3 Å². The standard InChI is InChI=1S/C20H14N2O3S/c21-19(24)17-10-14-18(26-17)13-8-4-5-9-15(13)22(20(14)25)11-16(23)12-6-2-1-3-7-12/h1-10H,11H2,(H2,21,24). The molecule has 128 valence electrons. The van der Waals surface area contributed by atoms with Crippen LogP contribution in [0.5, 0.6) is 0 Å². The third kappa shape index (κ3) is 2.60. The third-order valence-electron chi connectivity index (χ3n) is 4.29. The van der Waals surface area contributed by atoms with Crippen molar-refractivity contribution >= 4 is 44.0 Å². The minimum absolute atomic E-state index is 0.0684. The van der Waals surface area contributed by atoms with Gasteiger partial charge in [0.25, 0.3) is 11.5 Å². The lowest BCUT2D eigenvalue weighted by Gasteiger charge is -2.11. The van der Waals surface area contributed by atoms with Crippen LogP contribution in [0, 0.1) is 0 Å². The van der Waals surface area contributed by atoms with Crippen molar-refractivity contribution in [3.05, 3.63) is 81.5 Å². The highest BCUT2D eigenvalue weighted by molar-refractivity contribution is 7.21. The van der Waals surface area contributed by atoms with E-state index in [2.05, 4.69) is 0 Å². The fraction of sp³-hybridized carbons (Fsp3) is 0.0500. The van der Waals surface area contributed by atoms with Gasteiger partial charge < -0.3 is 5.73 Å². The minimum Gasteiger partial charge on any atom is -0.365 e. The number of pyridine rings is 1. The van der Waals surface area contributed by atoms with Crippen molar-refractivity contribution < 1.29 is 9.59 Å². The fourth-order valence-corrected chi connectivity index (χ4v) is 4.08. The predicted octanol–water partition coefficient (Wildman–Crippen LogP) is 3.20. The lowest BCUT2D eigenvalue weighted by atomic mass is 10.1. The number of carbonyl (C=O) groups is 2. The van der Waals surface area contributed by atoms with Gasteiger partial charge in [0, 0.05) is 15.6 Å². The maximum absolute atomic E-state index is 13.0. The Morgan fingerprint density at radius 2 is 1.65 bits per heavy atom. The zero-order chi connectivity index (χ0) is 18.3. The molecular formula is C20H14N2O3S. The Hall–Kier alpha value is -3.25. The first-order valence-corrected chi connectivity index (χ1v) is 8.81. The summed E-state index contributed by atoms with van der Waals surface area (Å²) in [7, 11) is 0. The van der Waals surface area contributed by atoms with Crippen molar-refractivity contribution in [2.75, 3.05) is 0 Å². The number of primary amides is 1. The van der Waals surface area contributed by atoms with E-state index in [-0.39, 0.29) is 17.9 Å². The van der Waals surface area contributed by atoms with Gasteiger partial charge in [0.05, 0.1) is 22.3 Å². The first-order chi connectivity index (χ1) is 12.6. The number of benzene rings is 2. The maximum atomic E-state index is 13.0. The largest absolute Gasteiger partial charge is 0.365 e. The Balaban J connectivity index is 1.96. The SMILES string of the molecule is NC(=O)c1cc2c(=O)n(CC(=O)c3ccccc3)c3ccccc3c2s1. The average Bonchev–Trinajstić information content (AvgIpc) is 3.12. The molecule has 4 aromatic rings. The summed E-state index contributed by atoms with van der Waals surface area (Å²) >= 11 is 1.20. The molecule has 2 aromatic heterocycles. The van der Waals surface area contributed by atoms with Crippen LogP contribution in [0.1, 0.15) is 20.0 Å². The van der Waals surface area contributed by atoms with Gasteiger partial charge in [-0.15, -0.1) is 11.3 Å². The van der Waals surface area contributed by atoms with E-state index in [1.165, 1.54) is 22.0 Å². The van der Waals surface area contributed by atoms with Crippen LogP contribution < -0.4 is 11.3 Å². The van der Waals surface area contributed by atoms with E-state index < -0.39 is 5.91 Å². The van der Waals surface area contributed by atoms with E-state index in [1.807, 2.05) is 24.3 Å². The smallest absolute Gasteiger partial charge is 0.260 e. The molecule has 2 N–H and O–H groups in total. The van der Waals surface area contributed by atoms with Crippen LogP contribution in [0.4, 0.5) is 0 Å². The molecular weight excluding hydrogens is 348 g/mol. The number of ketones is 1. The zero-order valence-electron chi connectivity index (χ0n) is 13.6. The number of carbonyl (C=O) groups excluding carboxylic acids is 2. The normalized spacial score (nSPS) is 11.1. The summed E-state index contributed by atoms with van der Waals surface area (Å²) in [6.07, 6.45) is 0. The highest BCUT2D eigenvalue weighted by atomic mass is 32.1. The molecule has 0 bridgehead atoms.